The molecule has 110 valence electrons. The van der Waals surface area contributed by atoms with E-state index in [9.17, 15) is 24.4 Å². The van der Waals surface area contributed by atoms with Gasteiger partial charge in [-0.25, -0.2) is 4.39 Å². The van der Waals surface area contributed by atoms with E-state index in [1.54, 1.807) is 6.92 Å². The molecule has 0 spiro atoms. The summed E-state index contributed by atoms with van der Waals surface area (Å²) < 4.78 is 14.0. The number of benzene rings is 1. The number of nitrogens with two attached hydrogens (primary N) is 1. The monoisotopic (exact) mass is 284 g/mol. The number of halogens is 1. The number of hydrogen-bond acceptors (Lipinski definition) is 4. The van der Waals surface area contributed by atoms with Gasteiger partial charge < -0.3 is 10.8 Å². The molecule has 0 heterocycles. The number of hydrogen-bond donors (Lipinski definition) is 2. The van der Waals surface area contributed by atoms with Gasteiger partial charge in [0, 0.05) is 17.7 Å². The summed E-state index contributed by atoms with van der Waals surface area (Å²) in [5, 5.41) is 20.1. The van der Waals surface area contributed by atoms with E-state index in [2.05, 4.69) is 0 Å². The fourth-order valence-electron chi connectivity index (χ4n) is 2.13. The molecule has 0 amide bonds. The van der Waals surface area contributed by atoms with E-state index in [0.29, 0.717) is 0 Å². The molecule has 1 unspecified atom stereocenters. The quantitative estimate of drug-likeness (QED) is 0.637. The van der Waals surface area contributed by atoms with E-state index in [1.807, 2.05) is 0 Å². The Bertz CT molecular complexity index is 559. The minimum absolute atomic E-state index is 0.115. The minimum Gasteiger partial charge on any atom is -0.481 e. The lowest BCUT2D eigenvalue weighted by atomic mass is 9.67. The van der Waals surface area contributed by atoms with Crippen LogP contribution in [0.1, 0.15) is 32.8 Å². The number of non-ortho nitro benzene ring substituents is 1. The number of nitro benzene ring substituents is 1. The van der Waals surface area contributed by atoms with Gasteiger partial charge in [-0.1, -0.05) is 6.92 Å². The Morgan fingerprint density at radius 1 is 1.50 bits per heavy atom. The van der Waals surface area contributed by atoms with E-state index < -0.39 is 27.7 Å². The molecule has 3 N–H and O–H groups in total. The van der Waals surface area contributed by atoms with Gasteiger partial charge in [0.2, 0.25) is 0 Å². The van der Waals surface area contributed by atoms with Gasteiger partial charge in [-0.05, 0) is 26.3 Å². The summed E-state index contributed by atoms with van der Waals surface area (Å²) in [6.45, 7) is 4.36. The minimum atomic E-state index is -1.56. The fourth-order valence-corrected chi connectivity index (χ4v) is 2.13. The highest BCUT2D eigenvalue weighted by Gasteiger charge is 2.49. The first-order chi connectivity index (χ1) is 9.07. The average molecular weight is 284 g/mol. The van der Waals surface area contributed by atoms with Crippen LogP contribution in [0.25, 0.3) is 0 Å². The first kappa shape index (κ1) is 16.0. The second-order valence-electron chi connectivity index (χ2n) is 5.18. The van der Waals surface area contributed by atoms with E-state index in [-0.39, 0.29) is 17.7 Å². The molecule has 1 atom stereocenters. The number of carbonyl (C=O) groups is 1. The topological polar surface area (TPSA) is 106 Å². The number of rotatable bonds is 5. The zero-order valence-electron chi connectivity index (χ0n) is 11.5. The highest BCUT2D eigenvalue weighted by Crippen LogP contribution is 2.42. The van der Waals surface area contributed by atoms with E-state index in [4.69, 9.17) is 5.73 Å². The van der Waals surface area contributed by atoms with Gasteiger partial charge in [0.25, 0.3) is 5.69 Å². The summed E-state index contributed by atoms with van der Waals surface area (Å²) in [6.07, 6.45) is 0.115. The van der Waals surface area contributed by atoms with Crippen LogP contribution in [-0.2, 0) is 10.3 Å². The van der Waals surface area contributed by atoms with Crippen LogP contribution >= 0.6 is 0 Å². The molecule has 0 radical (unpaired) electrons. The van der Waals surface area contributed by atoms with Crippen LogP contribution in [-0.4, -0.2) is 16.0 Å². The van der Waals surface area contributed by atoms with Crippen molar-refractivity contribution in [2.45, 2.75) is 32.7 Å². The summed E-state index contributed by atoms with van der Waals surface area (Å²) in [4.78, 5) is 21.5. The highest BCUT2D eigenvalue weighted by molar-refractivity contribution is 5.76. The van der Waals surface area contributed by atoms with Crippen molar-refractivity contribution in [2.75, 3.05) is 0 Å². The molecule has 0 bridgehead atoms. The Balaban J connectivity index is 3.57. The predicted octanol–water partition coefficient (Wildman–Crippen LogP) is 2.41. The van der Waals surface area contributed by atoms with Crippen molar-refractivity contribution < 1.29 is 19.2 Å². The van der Waals surface area contributed by atoms with Crippen LogP contribution < -0.4 is 5.73 Å². The molecule has 7 heteroatoms. The van der Waals surface area contributed by atoms with E-state index in [0.717, 1.165) is 18.2 Å². The summed E-state index contributed by atoms with van der Waals surface area (Å²) in [7, 11) is 0. The van der Waals surface area contributed by atoms with Crippen molar-refractivity contribution in [1.29, 1.82) is 0 Å². The van der Waals surface area contributed by atoms with Gasteiger partial charge in [0.05, 0.1) is 15.9 Å². The van der Waals surface area contributed by atoms with E-state index in [1.165, 1.54) is 13.8 Å². The van der Waals surface area contributed by atoms with Gasteiger partial charge >= 0.3 is 5.97 Å². The van der Waals surface area contributed by atoms with Gasteiger partial charge in [-0.15, -0.1) is 0 Å². The molecule has 0 saturated heterocycles. The Morgan fingerprint density at radius 2 is 2.05 bits per heavy atom. The molecule has 0 aliphatic rings. The first-order valence-electron chi connectivity index (χ1n) is 6.04. The number of nitro groups is 1. The molecule has 0 aliphatic carbocycles. The predicted molar refractivity (Wildman–Crippen MR) is 70.6 cm³/mol. The second-order valence-corrected chi connectivity index (χ2v) is 5.18. The third-order valence-electron chi connectivity index (χ3n) is 3.85. The largest absolute Gasteiger partial charge is 0.481 e. The third kappa shape index (κ3) is 2.36. The Morgan fingerprint density at radius 3 is 2.45 bits per heavy atom. The van der Waals surface area contributed by atoms with Crippen molar-refractivity contribution in [3.8, 4) is 0 Å². The van der Waals surface area contributed by atoms with Gasteiger partial charge in [-0.3, -0.25) is 14.9 Å². The maximum absolute atomic E-state index is 14.0. The molecule has 1 aromatic rings. The van der Waals surface area contributed by atoms with Gasteiger partial charge in [-0.2, -0.15) is 0 Å². The lowest BCUT2D eigenvalue weighted by Gasteiger charge is -2.40. The zero-order valence-corrected chi connectivity index (χ0v) is 11.5. The Labute approximate surface area is 115 Å². The van der Waals surface area contributed by atoms with Crippen LogP contribution in [0.4, 0.5) is 10.1 Å². The van der Waals surface area contributed by atoms with Crippen molar-refractivity contribution in [1.82, 2.24) is 0 Å². The summed E-state index contributed by atoms with van der Waals surface area (Å²) in [5.74, 6) is -1.96. The van der Waals surface area contributed by atoms with Crippen LogP contribution in [0.15, 0.2) is 18.2 Å². The smallest absolute Gasteiger partial charge is 0.311 e. The molecule has 1 rings (SSSR count). The molecule has 0 aliphatic heterocycles. The van der Waals surface area contributed by atoms with Crippen LogP contribution in [0.2, 0.25) is 0 Å². The molecule has 6 nitrogen and oxygen atoms in total. The maximum Gasteiger partial charge on any atom is 0.311 e. The fraction of sp³-hybridized carbons (Fsp3) is 0.462. The Kier molecular flexibility index (Phi) is 4.14. The summed E-state index contributed by atoms with van der Waals surface area (Å²) in [5.41, 5.74) is 2.58. The van der Waals surface area contributed by atoms with Crippen LogP contribution in [0.5, 0.6) is 0 Å². The lowest BCUT2D eigenvalue weighted by Crippen LogP contribution is -2.54. The average Bonchev–Trinajstić information content (AvgIpc) is 2.37. The van der Waals surface area contributed by atoms with Crippen molar-refractivity contribution in [3.05, 3.63) is 39.7 Å². The summed E-state index contributed by atoms with van der Waals surface area (Å²) in [6, 6.07) is 2.95. The van der Waals surface area contributed by atoms with Crippen molar-refractivity contribution >= 4 is 11.7 Å². The molecule has 0 aromatic heterocycles. The molecular weight excluding hydrogens is 267 g/mol. The van der Waals surface area contributed by atoms with Gasteiger partial charge in [0.15, 0.2) is 0 Å². The molecule has 0 fully saturated rings. The first-order valence-corrected chi connectivity index (χ1v) is 6.04. The van der Waals surface area contributed by atoms with Crippen LogP contribution in [0, 0.1) is 21.3 Å². The van der Waals surface area contributed by atoms with Crippen molar-refractivity contribution in [2.24, 2.45) is 11.1 Å². The third-order valence-corrected chi connectivity index (χ3v) is 3.85. The standard InChI is InChI=1S/C13H17FN2O4/c1-4-13(15,12(2,3)11(17)18)9-7-8(16(19)20)5-6-10(9)14/h5-7H,4,15H2,1-3H3,(H,17,18). The molecule has 1 aromatic carbocycles. The molecule has 0 saturated carbocycles. The highest BCUT2D eigenvalue weighted by atomic mass is 19.1. The maximum atomic E-state index is 14.0. The number of aliphatic carboxylic acids is 1. The molecular formula is C13H17FN2O4. The molecule has 20 heavy (non-hydrogen) atoms. The van der Waals surface area contributed by atoms with Crippen LogP contribution in [0.3, 0.4) is 0 Å². The number of nitrogens with zero attached hydrogens (tertiary/aromatic N) is 1. The van der Waals surface area contributed by atoms with E-state index >= 15 is 0 Å². The SMILES string of the molecule is CCC(N)(c1cc([N+](=O)[O-])ccc1F)C(C)(C)C(=O)O. The number of carboxylic acids is 1. The Hall–Kier alpha value is -2.02. The van der Waals surface area contributed by atoms with Gasteiger partial charge in [0.1, 0.15) is 5.82 Å². The van der Waals surface area contributed by atoms with Crippen molar-refractivity contribution in [3.63, 3.8) is 0 Å². The lowest BCUT2D eigenvalue weighted by molar-refractivity contribution is -0.385. The summed E-state index contributed by atoms with van der Waals surface area (Å²) >= 11 is 0. The normalized spacial score (nSPS) is 14.7. The number of carboxylic acid groups (broad SMARTS) is 1. The second kappa shape index (κ2) is 5.16. The zero-order chi connectivity index (χ0) is 15.7.